The molecule has 2 aromatic heterocycles. The monoisotopic (exact) mass is 355 g/mol. The minimum absolute atomic E-state index is 0.0253. The summed E-state index contributed by atoms with van der Waals surface area (Å²) in [6, 6.07) is 3.70. The second-order valence-electron chi connectivity index (χ2n) is 3.71. The quantitative estimate of drug-likeness (QED) is 0.507. The first-order chi connectivity index (χ1) is 9.88. The van der Waals surface area contributed by atoms with Gasteiger partial charge in [0.25, 0.3) is 5.69 Å². The van der Waals surface area contributed by atoms with Gasteiger partial charge in [0.1, 0.15) is 6.20 Å². The molecule has 108 valence electrons. The van der Waals surface area contributed by atoms with Gasteiger partial charge in [0.2, 0.25) is 5.82 Å². The van der Waals surface area contributed by atoms with Crippen molar-refractivity contribution in [2.75, 3.05) is 0 Å². The van der Waals surface area contributed by atoms with Crippen LogP contribution in [0, 0.1) is 20.2 Å². The van der Waals surface area contributed by atoms with Crippen molar-refractivity contribution in [3.8, 4) is 0 Å². The zero-order chi connectivity index (χ0) is 15.6. The van der Waals surface area contributed by atoms with Gasteiger partial charge in [-0.25, -0.2) is 9.98 Å². The van der Waals surface area contributed by atoms with E-state index < -0.39 is 21.2 Å². The molecule has 0 spiro atoms. The molecule has 0 unspecified atom stereocenters. The third kappa shape index (κ3) is 3.20. The lowest BCUT2D eigenvalue weighted by molar-refractivity contribution is -0.394. The Morgan fingerprint density at radius 3 is 2.57 bits per heavy atom. The minimum Gasteiger partial charge on any atom is -0.427 e. The number of hydrogen-bond acceptors (Lipinski definition) is 7. The maximum Gasteiger partial charge on any atom is 0.320 e. The van der Waals surface area contributed by atoms with Gasteiger partial charge < -0.3 is 5.21 Å². The van der Waals surface area contributed by atoms with Crippen molar-refractivity contribution < 1.29 is 15.1 Å². The molecule has 0 fully saturated rings. The summed E-state index contributed by atoms with van der Waals surface area (Å²) in [5.74, 6) is -0.351. The number of hydrogen-bond donors (Lipinski definition) is 1. The number of aromatic nitrogens is 2. The van der Waals surface area contributed by atoms with Crippen molar-refractivity contribution in [2.45, 2.75) is 0 Å². The fourth-order valence-corrected chi connectivity index (χ4v) is 1.74. The minimum atomic E-state index is -0.834. The zero-order valence-corrected chi connectivity index (χ0v) is 11.7. The average molecular weight is 356 g/mol. The highest BCUT2D eigenvalue weighted by Gasteiger charge is 2.20. The van der Waals surface area contributed by atoms with Gasteiger partial charge in [-0.05, 0) is 28.1 Å². The van der Waals surface area contributed by atoms with Crippen LogP contribution in [0.2, 0.25) is 0 Å². The van der Waals surface area contributed by atoms with Crippen LogP contribution in [0.15, 0.2) is 40.1 Å². The molecule has 0 bridgehead atoms. The standard InChI is InChI=1S/C10H6BrN5O5/c11-6-1-2-9(14(17)5-6)13-10-8(16(20)21)3-7(4-12-10)15(18)19/h1-5,17H. The van der Waals surface area contributed by atoms with E-state index in [1.807, 2.05) is 0 Å². The normalized spacial score (nSPS) is 11.4. The van der Waals surface area contributed by atoms with E-state index in [1.165, 1.54) is 12.3 Å². The van der Waals surface area contributed by atoms with E-state index in [1.54, 1.807) is 6.07 Å². The van der Waals surface area contributed by atoms with E-state index in [-0.39, 0.29) is 11.3 Å². The van der Waals surface area contributed by atoms with Crippen LogP contribution in [-0.4, -0.2) is 24.8 Å². The number of rotatable bonds is 3. The summed E-state index contributed by atoms with van der Waals surface area (Å²) in [4.78, 5) is 27.3. The van der Waals surface area contributed by atoms with Crippen LogP contribution in [-0.2, 0) is 0 Å². The van der Waals surface area contributed by atoms with Crippen LogP contribution in [0.4, 0.5) is 17.2 Å². The van der Waals surface area contributed by atoms with Crippen molar-refractivity contribution in [3.63, 3.8) is 0 Å². The molecule has 2 rings (SSSR count). The Labute approximate surface area is 124 Å². The predicted molar refractivity (Wildman–Crippen MR) is 72.1 cm³/mol. The molecule has 2 heterocycles. The van der Waals surface area contributed by atoms with Gasteiger partial charge in [-0.15, -0.1) is 0 Å². The Kier molecular flexibility index (Phi) is 3.93. The van der Waals surface area contributed by atoms with Gasteiger partial charge in [-0.2, -0.15) is 4.73 Å². The third-order valence-electron chi connectivity index (χ3n) is 2.33. The van der Waals surface area contributed by atoms with Gasteiger partial charge in [0.15, 0.2) is 5.49 Å². The number of pyridine rings is 2. The topological polar surface area (TPSA) is 137 Å². The number of nitrogens with zero attached hydrogens (tertiary/aromatic N) is 5. The molecule has 0 radical (unpaired) electrons. The molecule has 11 heteroatoms. The van der Waals surface area contributed by atoms with E-state index in [9.17, 15) is 25.4 Å². The molecule has 0 aliphatic carbocycles. The molecular formula is C10H6BrN5O5. The van der Waals surface area contributed by atoms with Gasteiger partial charge >= 0.3 is 5.69 Å². The van der Waals surface area contributed by atoms with Crippen LogP contribution in [0.1, 0.15) is 0 Å². The fourth-order valence-electron chi connectivity index (χ4n) is 1.41. The lowest BCUT2D eigenvalue weighted by Gasteiger charge is -2.00. The Bertz CT molecular complexity index is 803. The van der Waals surface area contributed by atoms with Crippen molar-refractivity contribution in [1.29, 1.82) is 0 Å². The summed E-state index contributed by atoms with van der Waals surface area (Å²) < 4.78 is 1.20. The summed E-state index contributed by atoms with van der Waals surface area (Å²) in [5.41, 5.74) is -1.18. The van der Waals surface area contributed by atoms with E-state index in [0.29, 0.717) is 9.20 Å². The van der Waals surface area contributed by atoms with Crippen LogP contribution >= 0.6 is 15.9 Å². The Balaban J connectivity index is 2.63. The lowest BCUT2D eigenvalue weighted by atomic mass is 10.3. The maximum absolute atomic E-state index is 10.9. The SMILES string of the molecule is O=[N+]([O-])c1cnc(N=c2ccc(Br)cn2O)c([N+](=O)[O-])c1. The van der Waals surface area contributed by atoms with Crippen molar-refractivity contribution in [3.05, 3.63) is 60.8 Å². The van der Waals surface area contributed by atoms with Crippen LogP contribution < -0.4 is 5.49 Å². The highest BCUT2D eigenvalue weighted by molar-refractivity contribution is 9.10. The van der Waals surface area contributed by atoms with Gasteiger partial charge in [-0.1, -0.05) is 0 Å². The van der Waals surface area contributed by atoms with E-state index in [4.69, 9.17) is 0 Å². The molecule has 0 aliphatic rings. The molecule has 0 aliphatic heterocycles. The molecule has 0 saturated carbocycles. The molecule has 0 saturated heterocycles. The molecule has 2 aromatic rings. The fraction of sp³-hybridized carbons (Fsp3) is 0. The Morgan fingerprint density at radius 1 is 1.29 bits per heavy atom. The molecular weight excluding hydrogens is 350 g/mol. The highest BCUT2D eigenvalue weighted by atomic mass is 79.9. The van der Waals surface area contributed by atoms with Gasteiger partial charge in [0.05, 0.1) is 22.1 Å². The smallest absolute Gasteiger partial charge is 0.320 e. The first-order valence-electron chi connectivity index (χ1n) is 5.29. The predicted octanol–water partition coefficient (Wildman–Crippen LogP) is 1.93. The van der Waals surface area contributed by atoms with Gasteiger partial charge in [0, 0.05) is 4.47 Å². The lowest BCUT2D eigenvalue weighted by Crippen LogP contribution is -2.17. The maximum atomic E-state index is 10.9. The Hall–Kier alpha value is -2.82. The summed E-state index contributed by atoms with van der Waals surface area (Å²) in [6.45, 7) is 0. The van der Waals surface area contributed by atoms with E-state index in [0.717, 1.165) is 12.3 Å². The highest BCUT2D eigenvalue weighted by Crippen LogP contribution is 2.27. The first kappa shape index (κ1) is 14.6. The van der Waals surface area contributed by atoms with Crippen molar-refractivity contribution >= 4 is 33.1 Å². The Morgan fingerprint density at radius 2 is 2.00 bits per heavy atom. The molecule has 0 aromatic carbocycles. The molecule has 0 atom stereocenters. The molecule has 0 amide bonds. The van der Waals surface area contributed by atoms with Crippen molar-refractivity contribution in [2.24, 2.45) is 4.99 Å². The summed E-state index contributed by atoms with van der Waals surface area (Å²) >= 11 is 3.12. The number of nitro groups is 2. The van der Waals surface area contributed by atoms with Crippen LogP contribution in [0.3, 0.4) is 0 Å². The third-order valence-corrected chi connectivity index (χ3v) is 2.80. The average Bonchev–Trinajstić information content (AvgIpc) is 2.41. The second kappa shape index (κ2) is 5.66. The van der Waals surface area contributed by atoms with E-state index in [2.05, 4.69) is 25.9 Å². The largest absolute Gasteiger partial charge is 0.427 e. The molecule has 10 nitrogen and oxygen atoms in total. The summed E-state index contributed by atoms with van der Waals surface area (Å²) in [6.07, 6.45) is 2.13. The summed E-state index contributed by atoms with van der Waals surface area (Å²) in [5, 5.41) is 31.1. The first-order valence-corrected chi connectivity index (χ1v) is 6.09. The summed E-state index contributed by atoms with van der Waals surface area (Å²) in [7, 11) is 0. The van der Waals surface area contributed by atoms with Crippen molar-refractivity contribution in [1.82, 2.24) is 9.71 Å². The van der Waals surface area contributed by atoms with Crippen LogP contribution in [0.25, 0.3) is 0 Å². The zero-order valence-electron chi connectivity index (χ0n) is 10.1. The van der Waals surface area contributed by atoms with E-state index >= 15 is 0 Å². The van der Waals surface area contributed by atoms with Gasteiger partial charge in [-0.3, -0.25) is 20.2 Å². The van der Waals surface area contributed by atoms with Crippen LogP contribution in [0.5, 0.6) is 0 Å². The molecule has 21 heavy (non-hydrogen) atoms. The number of halogens is 1. The molecule has 1 N–H and O–H groups in total. The second-order valence-corrected chi connectivity index (χ2v) is 4.63.